The van der Waals surface area contributed by atoms with Crippen LogP contribution in [0.1, 0.15) is 16.1 Å². The Labute approximate surface area is 156 Å². The van der Waals surface area contributed by atoms with E-state index in [1.807, 2.05) is 31.0 Å². The number of thiazole rings is 1. The normalized spacial score (nSPS) is 14.0. The summed E-state index contributed by atoms with van der Waals surface area (Å²) >= 11 is 5.01. The molecule has 0 bridgehead atoms. The average molecular weight is 416 g/mol. The van der Waals surface area contributed by atoms with Gasteiger partial charge in [0.25, 0.3) is 5.95 Å². The van der Waals surface area contributed by atoms with Gasteiger partial charge in [-0.25, -0.2) is 19.6 Å². The number of hydrogen-bond acceptors (Lipinski definition) is 7. The molecular weight excluding hydrogens is 402 g/mol. The maximum Gasteiger partial charge on any atom is 0.250 e. The molecule has 1 aliphatic heterocycles. The second kappa shape index (κ2) is 6.85. The zero-order valence-corrected chi connectivity index (χ0v) is 15.8. The molecule has 0 atom stereocenters. The standard InChI is InChI=1S/C16H14BrN7S/c1-11-15(25-10-21-11)9-23-3-2-18-14(8-23)12-4-22-24(7-12)16-19-5-13(17)6-20-16/h2-7,10H,8-9H2,1H3. The molecule has 0 aromatic carbocycles. The van der Waals surface area contributed by atoms with Crippen LogP contribution in [-0.2, 0) is 6.54 Å². The van der Waals surface area contributed by atoms with E-state index in [1.54, 1.807) is 34.6 Å². The molecule has 4 rings (SSSR count). The Morgan fingerprint density at radius 2 is 2.04 bits per heavy atom. The number of aromatic nitrogens is 5. The van der Waals surface area contributed by atoms with Gasteiger partial charge in [-0.3, -0.25) is 4.99 Å². The Bertz CT molecular complexity index is 942. The van der Waals surface area contributed by atoms with Crippen LogP contribution in [0.4, 0.5) is 0 Å². The van der Waals surface area contributed by atoms with Crippen LogP contribution in [0.2, 0.25) is 0 Å². The number of halogens is 1. The van der Waals surface area contributed by atoms with Gasteiger partial charge in [0.2, 0.25) is 0 Å². The molecule has 3 aromatic rings. The first-order valence-electron chi connectivity index (χ1n) is 7.58. The second-order valence-electron chi connectivity index (χ2n) is 5.51. The van der Waals surface area contributed by atoms with Crippen LogP contribution in [0, 0.1) is 6.92 Å². The summed E-state index contributed by atoms with van der Waals surface area (Å²) in [4.78, 5) is 20.8. The predicted octanol–water partition coefficient (Wildman–Crippen LogP) is 2.97. The minimum Gasteiger partial charge on any atom is -0.365 e. The summed E-state index contributed by atoms with van der Waals surface area (Å²) in [5.74, 6) is 0.526. The SMILES string of the molecule is Cc1ncsc1CN1C=CN=C(c2cnn(-c3ncc(Br)cn3)c2)C1. The van der Waals surface area contributed by atoms with E-state index in [-0.39, 0.29) is 0 Å². The third-order valence-electron chi connectivity index (χ3n) is 3.78. The highest BCUT2D eigenvalue weighted by atomic mass is 79.9. The molecule has 1 aliphatic rings. The van der Waals surface area contributed by atoms with Crippen LogP contribution in [0.25, 0.3) is 5.95 Å². The highest BCUT2D eigenvalue weighted by Gasteiger charge is 2.15. The molecule has 9 heteroatoms. The van der Waals surface area contributed by atoms with E-state index in [1.165, 1.54) is 4.88 Å². The highest BCUT2D eigenvalue weighted by Crippen LogP contribution is 2.18. The molecule has 7 nitrogen and oxygen atoms in total. The van der Waals surface area contributed by atoms with Crippen molar-refractivity contribution in [3.8, 4) is 5.95 Å². The molecule has 3 aromatic heterocycles. The first-order valence-corrected chi connectivity index (χ1v) is 9.25. The van der Waals surface area contributed by atoms with Crippen molar-refractivity contribution in [1.82, 2.24) is 29.6 Å². The fourth-order valence-corrected chi connectivity index (χ4v) is 3.45. The van der Waals surface area contributed by atoms with E-state index in [9.17, 15) is 0 Å². The smallest absolute Gasteiger partial charge is 0.250 e. The largest absolute Gasteiger partial charge is 0.365 e. The van der Waals surface area contributed by atoms with Crippen molar-refractivity contribution in [1.29, 1.82) is 0 Å². The van der Waals surface area contributed by atoms with Gasteiger partial charge in [0.05, 0.1) is 40.7 Å². The molecule has 0 fully saturated rings. The summed E-state index contributed by atoms with van der Waals surface area (Å²) in [5, 5.41) is 4.35. The van der Waals surface area contributed by atoms with Crippen molar-refractivity contribution in [2.24, 2.45) is 4.99 Å². The summed E-state index contributed by atoms with van der Waals surface area (Å²) in [6.45, 7) is 3.59. The van der Waals surface area contributed by atoms with Crippen LogP contribution >= 0.6 is 27.3 Å². The molecular formula is C16H14BrN7S. The maximum absolute atomic E-state index is 4.50. The molecule has 126 valence electrons. The number of hydrogen-bond donors (Lipinski definition) is 0. The molecule has 0 aliphatic carbocycles. The number of aliphatic imine (C=N–C) groups is 1. The zero-order valence-electron chi connectivity index (χ0n) is 13.4. The fourth-order valence-electron chi connectivity index (χ4n) is 2.45. The van der Waals surface area contributed by atoms with Crippen molar-refractivity contribution in [2.45, 2.75) is 13.5 Å². The monoisotopic (exact) mass is 415 g/mol. The third kappa shape index (κ3) is 3.52. The van der Waals surface area contributed by atoms with E-state index < -0.39 is 0 Å². The maximum atomic E-state index is 4.50. The molecule has 0 radical (unpaired) electrons. The van der Waals surface area contributed by atoms with E-state index in [2.05, 4.69) is 45.9 Å². The third-order valence-corrected chi connectivity index (χ3v) is 5.11. The van der Waals surface area contributed by atoms with Crippen molar-refractivity contribution < 1.29 is 0 Å². The van der Waals surface area contributed by atoms with Crippen LogP contribution in [-0.4, -0.2) is 41.9 Å². The Morgan fingerprint density at radius 3 is 2.80 bits per heavy atom. The predicted molar refractivity (Wildman–Crippen MR) is 99.8 cm³/mol. The van der Waals surface area contributed by atoms with E-state index >= 15 is 0 Å². The van der Waals surface area contributed by atoms with Crippen LogP contribution in [0.3, 0.4) is 0 Å². The lowest BCUT2D eigenvalue weighted by atomic mass is 10.2. The zero-order chi connectivity index (χ0) is 17.2. The highest BCUT2D eigenvalue weighted by molar-refractivity contribution is 9.10. The molecule has 0 amide bonds. The van der Waals surface area contributed by atoms with Crippen molar-refractivity contribution in [3.63, 3.8) is 0 Å². The van der Waals surface area contributed by atoms with Crippen molar-refractivity contribution in [3.05, 3.63) is 63.3 Å². The Balaban J connectivity index is 1.50. The van der Waals surface area contributed by atoms with E-state index in [0.717, 1.165) is 34.5 Å². The van der Waals surface area contributed by atoms with Gasteiger partial charge >= 0.3 is 0 Å². The Hall–Kier alpha value is -2.39. The summed E-state index contributed by atoms with van der Waals surface area (Å²) in [7, 11) is 0. The van der Waals surface area contributed by atoms with E-state index in [4.69, 9.17) is 0 Å². The van der Waals surface area contributed by atoms with Gasteiger partial charge in [-0.15, -0.1) is 11.3 Å². The number of rotatable bonds is 4. The lowest BCUT2D eigenvalue weighted by molar-refractivity contribution is 0.418. The number of aryl methyl sites for hydroxylation is 1. The molecule has 0 saturated carbocycles. The molecule has 25 heavy (non-hydrogen) atoms. The quantitative estimate of drug-likeness (QED) is 0.654. The molecule has 0 saturated heterocycles. The minimum absolute atomic E-state index is 0.526. The van der Waals surface area contributed by atoms with E-state index in [0.29, 0.717) is 5.95 Å². The Kier molecular flexibility index (Phi) is 4.41. The molecule has 0 N–H and O–H groups in total. The van der Waals surface area contributed by atoms with Gasteiger partial charge in [-0.1, -0.05) is 0 Å². The lowest BCUT2D eigenvalue weighted by Crippen LogP contribution is -2.27. The van der Waals surface area contributed by atoms with Crippen molar-refractivity contribution in [2.75, 3.05) is 6.54 Å². The molecule has 0 unspecified atom stereocenters. The summed E-state index contributed by atoms with van der Waals surface area (Å²) in [6.07, 6.45) is 10.9. The second-order valence-corrected chi connectivity index (χ2v) is 7.37. The number of nitrogens with zero attached hydrogens (tertiary/aromatic N) is 7. The van der Waals surface area contributed by atoms with Gasteiger partial charge in [0.1, 0.15) is 0 Å². The van der Waals surface area contributed by atoms with Crippen LogP contribution in [0.5, 0.6) is 0 Å². The molecule has 0 spiro atoms. The fraction of sp³-hybridized carbons (Fsp3) is 0.188. The summed E-state index contributed by atoms with van der Waals surface area (Å²) < 4.78 is 2.49. The van der Waals surface area contributed by atoms with Crippen molar-refractivity contribution >= 4 is 33.0 Å². The van der Waals surface area contributed by atoms with Gasteiger partial charge in [0.15, 0.2) is 0 Å². The van der Waals surface area contributed by atoms with Crippen LogP contribution in [0.15, 0.2) is 52.2 Å². The first-order chi connectivity index (χ1) is 12.2. The van der Waals surface area contributed by atoms with Gasteiger partial charge < -0.3 is 4.90 Å². The lowest BCUT2D eigenvalue weighted by Gasteiger charge is -2.22. The average Bonchev–Trinajstić information content (AvgIpc) is 3.26. The Morgan fingerprint density at radius 1 is 1.20 bits per heavy atom. The van der Waals surface area contributed by atoms with Gasteiger partial charge in [-0.05, 0) is 22.9 Å². The van der Waals surface area contributed by atoms with Gasteiger partial charge in [-0.2, -0.15) is 5.10 Å². The summed E-state index contributed by atoms with van der Waals surface area (Å²) in [6, 6.07) is 0. The summed E-state index contributed by atoms with van der Waals surface area (Å²) in [5.41, 5.74) is 4.90. The topological polar surface area (TPSA) is 72.1 Å². The first kappa shape index (κ1) is 16.1. The van der Waals surface area contributed by atoms with Gasteiger partial charge in [0, 0.05) is 41.4 Å². The van der Waals surface area contributed by atoms with Crippen LogP contribution < -0.4 is 0 Å². The molecule has 4 heterocycles. The minimum atomic E-state index is 0.526.